The summed E-state index contributed by atoms with van der Waals surface area (Å²) in [6.45, 7) is 2.77. The highest BCUT2D eigenvalue weighted by Crippen LogP contribution is 2.37. The summed E-state index contributed by atoms with van der Waals surface area (Å²) >= 11 is 0. The highest BCUT2D eigenvalue weighted by Gasteiger charge is 2.31. The van der Waals surface area contributed by atoms with Crippen LogP contribution in [0, 0.1) is 0 Å². The van der Waals surface area contributed by atoms with Crippen LogP contribution < -0.4 is 4.90 Å². The van der Waals surface area contributed by atoms with Gasteiger partial charge in [0, 0.05) is 23.8 Å². The van der Waals surface area contributed by atoms with Crippen LogP contribution >= 0.6 is 0 Å². The second kappa shape index (κ2) is 3.62. The molecule has 2 aliphatic rings. The van der Waals surface area contributed by atoms with Crippen molar-refractivity contribution < 1.29 is 4.79 Å². The molecule has 1 aliphatic heterocycles. The molecule has 0 spiro atoms. The lowest BCUT2D eigenvalue weighted by Crippen LogP contribution is -2.38. The number of Topliss-reactive ketones (excluding diaryl/α,β-unsaturated/α-hetero) is 1. The highest BCUT2D eigenvalue weighted by molar-refractivity contribution is 5.97. The van der Waals surface area contributed by atoms with Crippen LogP contribution in [0.3, 0.4) is 0 Å². The smallest absolute Gasteiger partial charge is 0.160 e. The van der Waals surface area contributed by atoms with Crippen LogP contribution in [-0.4, -0.2) is 18.4 Å². The summed E-state index contributed by atoms with van der Waals surface area (Å²) in [7, 11) is 0. The maximum atomic E-state index is 11.5. The molecule has 0 N–H and O–H groups in total. The van der Waals surface area contributed by atoms with Crippen molar-refractivity contribution in [2.45, 2.75) is 38.6 Å². The van der Waals surface area contributed by atoms with Gasteiger partial charge in [0.2, 0.25) is 0 Å². The van der Waals surface area contributed by atoms with Gasteiger partial charge in [-0.15, -0.1) is 0 Å². The molecule has 2 heteroatoms. The van der Waals surface area contributed by atoms with E-state index in [4.69, 9.17) is 0 Å². The molecule has 0 unspecified atom stereocenters. The molecular formula is C14H17NO. The predicted octanol–water partition coefficient (Wildman–Crippen LogP) is 2.80. The number of ketones is 1. The van der Waals surface area contributed by atoms with Crippen molar-refractivity contribution in [2.75, 3.05) is 11.4 Å². The first kappa shape index (κ1) is 9.88. The molecule has 16 heavy (non-hydrogen) atoms. The van der Waals surface area contributed by atoms with Crippen molar-refractivity contribution >= 4 is 11.5 Å². The lowest BCUT2D eigenvalue weighted by atomic mass is 9.91. The molecule has 84 valence electrons. The van der Waals surface area contributed by atoms with Crippen molar-refractivity contribution in [2.24, 2.45) is 0 Å². The zero-order valence-electron chi connectivity index (χ0n) is 9.70. The lowest BCUT2D eigenvalue weighted by molar-refractivity contribution is 0.101. The van der Waals surface area contributed by atoms with Crippen molar-refractivity contribution in [3.63, 3.8) is 0 Å². The van der Waals surface area contributed by atoms with E-state index in [1.807, 2.05) is 12.1 Å². The van der Waals surface area contributed by atoms with E-state index in [0.29, 0.717) is 0 Å². The van der Waals surface area contributed by atoms with Crippen LogP contribution in [0.2, 0.25) is 0 Å². The normalized spacial score (nSPS) is 19.4. The summed E-state index contributed by atoms with van der Waals surface area (Å²) in [5.41, 5.74) is 3.53. The Bertz CT molecular complexity index is 434. The molecule has 1 saturated carbocycles. The van der Waals surface area contributed by atoms with Crippen LogP contribution in [-0.2, 0) is 6.42 Å². The molecule has 1 heterocycles. The third-order valence-electron chi connectivity index (χ3n) is 3.96. The Hall–Kier alpha value is -1.31. The van der Waals surface area contributed by atoms with Gasteiger partial charge < -0.3 is 4.90 Å². The van der Waals surface area contributed by atoms with Gasteiger partial charge in [0.25, 0.3) is 0 Å². The molecule has 3 rings (SSSR count). The predicted molar refractivity (Wildman–Crippen MR) is 65.1 cm³/mol. The van der Waals surface area contributed by atoms with E-state index in [9.17, 15) is 4.79 Å². The summed E-state index contributed by atoms with van der Waals surface area (Å²) < 4.78 is 0. The molecule has 0 saturated heterocycles. The first-order valence-corrected chi connectivity index (χ1v) is 6.17. The van der Waals surface area contributed by atoms with E-state index >= 15 is 0 Å². The van der Waals surface area contributed by atoms with Crippen molar-refractivity contribution in [1.29, 1.82) is 0 Å². The third-order valence-corrected chi connectivity index (χ3v) is 3.96. The Morgan fingerprint density at radius 1 is 1.38 bits per heavy atom. The highest BCUT2D eigenvalue weighted by atomic mass is 16.1. The molecular weight excluding hydrogens is 198 g/mol. The zero-order chi connectivity index (χ0) is 11.1. The van der Waals surface area contributed by atoms with Gasteiger partial charge in [-0.2, -0.15) is 0 Å². The zero-order valence-corrected chi connectivity index (χ0v) is 9.70. The minimum absolute atomic E-state index is 0.201. The molecule has 2 nitrogen and oxygen atoms in total. The van der Waals surface area contributed by atoms with Crippen molar-refractivity contribution in [3.05, 3.63) is 29.3 Å². The number of carbonyl (C=O) groups is 1. The van der Waals surface area contributed by atoms with Gasteiger partial charge in [-0.1, -0.05) is 12.1 Å². The molecule has 1 aromatic carbocycles. The average Bonchev–Trinajstić information content (AvgIpc) is 2.59. The molecule has 0 radical (unpaired) electrons. The number of rotatable bonds is 2. The number of benzene rings is 1. The van der Waals surface area contributed by atoms with Crippen LogP contribution in [0.15, 0.2) is 18.2 Å². The Morgan fingerprint density at radius 2 is 2.19 bits per heavy atom. The van der Waals surface area contributed by atoms with E-state index < -0.39 is 0 Å². The molecule has 0 bridgehead atoms. The van der Waals surface area contributed by atoms with Gasteiger partial charge >= 0.3 is 0 Å². The number of carbonyl (C=O) groups excluding carboxylic acids is 1. The topological polar surface area (TPSA) is 20.3 Å². The first-order chi connectivity index (χ1) is 7.77. The maximum Gasteiger partial charge on any atom is 0.160 e. The van der Waals surface area contributed by atoms with E-state index in [1.54, 1.807) is 6.92 Å². The number of nitrogens with zero attached hydrogens (tertiary/aromatic N) is 1. The number of hydrogen-bond acceptors (Lipinski definition) is 2. The Morgan fingerprint density at radius 3 is 2.81 bits per heavy atom. The lowest BCUT2D eigenvalue weighted by Gasteiger charge is -2.36. The van der Waals surface area contributed by atoms with E-state index in [-0.39, 0.29) is 5.78 Å². The van der Waals surface area contributed by atoms with Gasteiger partial charge in [-0.3, -0.25) is 4.79 Å². The summed E-state index contributed by atoms with van der Waals surface area (Å²) in [4.78, 5) is 14.1. The fourth-order valence-electron chi connectivity index (χ4n) is 2.87. The van der Waals surface area contributed by atoms with E-state index in [2.05, 4.69) is 11.0 Å². The Balaban J connectivity index is 1.99. The quantitative estimate of drug-likeness (QED) is 0.707. The molecule has 0 atom stereocenters. The van der Waals surface area contributed by atoms with Gasteiger partial charge in [-0.05, 0) is 44.2 Å². The average molecular weight is 215 g/mol. The second-order valence-corrected chi connectivity index (χ2v) is 4.89. The monoisotopic (exact) mass is 215 g/mol. The minimum atomic E-state index is 0.201. The van der Waals surface area contributed by atoms with Gasteiger partial charge in [0.15, 0.2) is 5.78 Å². The minimum Gasteiger partial charge on any atom is -0.368 e. The maximum absolute atomic E-state index is 11.5. The molecule has 1 aromatic rings. The van der Waals surface area contributed by atoms with Crippen LogP contribution in [0.5, 0.6) is 0 Å². The largest absolute Gasteiger partial charge is 0.368 e. The standard InChI is InChI=1S/C14H17NO/c1-10(16)12-6-3-7-14-13(12)8-9-15(14)11-4-2-5-11/h3,6-7,11H,2,4-5,8-9H2,1H3. The number of anilines is 1. The summed E-state index contributed by atoms with van der Waals surface area (Å²) in [6.07, 6.45) is 5.05. The molecule has 0 aromatic heterocycles. The number of fused-ring (bicyclic) bond motifs is 1. The van der Waals surface area contributed by atoms with Crippen LogP contribution in [0.4, 0.5) is 5.69 Å². The van der Waals surface area contributed by atoms with Crippen LogP contribution in [0.1, 0.15) is 42.1 Å². The van der Waals surface area contributed by atoms with Gasteiger partial charge in [-0.25, -0.2) is 0 Å². The Labute approximate surface area is 96.3 Å². The fourth-order valence-corrected chi connectivity index (χ4v) is 2.87. The van der Waals surface area contributed by atoms with E-state index in [0.717, 1.165) is 24.6 Å². The van der Waals surface area contributed by atoms with Crippen molar-refractivity contribution in [1.82, 2.24) is 0 Å². The van der Waals surface area contributed by atoms with Crippen LogP contribution in [0.25, 0.3) is 0 Å². The molecule has 0 amide bonds. The van der Waals surface area contributed by atoms with Gasteiger partial charge in [0.05, 0.1) is 0 Å². The number of hydrogen-bond donors (Lipinski definition) is 0. The molecule has 1 aliphatic carbocycles. The van der Waals surface area contributed by atoms with Crippen molar-refractivity contribution in [3.8, 4) is 0 Å². The summed E-state index contributed by atoms with van der Waals surface area (Å²) in [5.74, 6) is 0.201. The Kier molecular flexibility index (Phi) is 2.23. The second-order valence-electron chi connectivity index (χ2n) is 4.89. The third kappa shape index (κ3) is 1.36. The van der Waals surface area contributed by atoms with Gasteiger partial charge in [0.1, 0.15) is 0 Å². The summed E-state index contributed by atoms with van der Waals surface area (Å²) in [5, 5.41) is 0. The summed E-state index contributed by atoms with van der Waals surface area (Å²) in [6, 6.07) is 6.90. The first-order valence-electron chi connectivity index (χ1n) is 6.17. The molecule has 1 fully saturated rings. The van der Waals surface area contributed by atoms with E-state index in [1.165, 1.54) is 30.5 Å². The fraction of sp³-hybridized carbons (Fsp3) is 0.500. The SMILES string of the molecule is CC(=O)c1cccc2c1CCN2C1CCC1.